The summed E-state index contributed by atoms with van der Waals surface area (Å²) in [5.74, 6) is 1.94. The molecule has 2 heterocycles. The molecular weight excluding hydrogens is 286 g/mol. The van der Waals surface area contributed by atoms with Gasteiger partial charge in [0.15, 0.2) is 0 Å². The van der Waals surface area contributed by atoms with Crippen molar-refractivity contribution in [3.8, 4) is 11.1 Å². The third-order valence-electron chi connectivity index (χ3n) is 4.35. The van der Waals surface area contributed by atoms with Crippen molar-refractivity contribution in [2.24, 2.45) is 0 Å². The van der Waals surface area contributed by atoms with Crippen LogP contribution in [0.1, 0.15) is 55.5 Å². The first-order chi connectivity index (χ1) is 11.2. The first-order valence-corrected chi connectivity index (χ1v) is 8.28. The molecule has 4 rings (SSSR count). The Hall–Kier alpha value is -2.36. The van der Waals surface area contributed by atoms with E-state index in [1.807, 2.05) is 16.9 Å². The molecule has 0 bridgehead atoms. The van der Waals surface area contributed by atoms with Crippen molar-refractivity contribution in [3.05, 3.63) is 59.7 Å². The fourth-order valence-corrected chi connectivity index (χ4v) is 2.97. The molecular formula is C19H21N3O. The second-order valence-corrected chi connectivity index (χ2v) is 6.65. The van der Waals surface area contributed by atoms with Crippen LogP contribution in [0.15, 0.2) is 47.2 Å². The van der Waals surface area contributed by atoms with Gasteiger partial charge in [-0.2, -0.15) is 5.10 Å². The van der Waals surface area contributed by atoms with Gasteiger partial charge < -0.3 is 4.52 Å². The highest BCUT2D eigenvalue weighted by atomic mass is 16.5. The lowest BCUT2D eigenvalue weighted by atomic mass is 9.98. The van der Waals surface area contributed by atoms with Gasteiger partial charge in [-0.1, -0.05) is 49.3 Å². The molecule has 4 nitrogen and oxygen atoms in total. The smallest absolute Gasteiger partial charge is 0.148 e. The van der Waals surface area contributed by atoms with Crippen LogP contribution in [0.4, 0.5) is 0 Å². The average Bonchev–Trinajstić information content (AvgIpc) is 3.13. The quantitative estimate of drug-likeness (QED) is 0.692. The number of rotatable bonds is 5. The summed E-state index contributed by atoms with van der Waals surface area (Å²) in [6.45, 7) is 5.10. The standard InChI is InChI=1S/C19H21N3O/c1-13(2)18-17(19(23-21-18)15-8-9-15)16-10-20-22(12-16)11-14-6-4-3-5-7-14/h3-7,10,12-13,15H,8-9,11H2,1-2H3. The Morgan fingerprint density at radius 1 is 1.22 bits per heavy atom. The Kier molecular flexibility index (Phi) is 3.52. The van der Waals surface area contributed by atoms with Crippen LogP contribution >= 0.6 is 0 Å². The van der Waals surface area contributed by atoms with Crippen molar-refractivity contribution >= 4 is 0 Å². The minimum absolute atomic E-state index is 0.346. The van der Waals surface area contributed by atoms with Crippen LogP contribution in [-0.2, 0) is 6.54 Å². The summed E-state index contributed by atoms with van der Waals surface area (Å²) < 4.78 is 7.66. The van der Waals surface area contributed by atoms with Crippen molar-refractivity contribution in [2.45, 2.75) is 45.1 Å². The predicted molar refractivity (Wildman–Crippen MR) is 89.3 cm³/mol. The molecule has 4 heteroatoms. The maximum atomic E-state index is 5.68. The summed E-state index contributed by atoms with van der Waals surface area (Å²) >= 11 is 0. The molecule has 1 fully saturated rings. The van der Waals surface area contributed by atoms with Gasteiger partial charge in [-0.3, -0.25) is 4.68 Å². The van der Waals surface area contributed by atoms with Gasteiger partial charge in [0.1, 0.15) is 5.76 Å². The molecule has 0 N–H and O–H groups in total. The van der Waals surface area contributed by atoms with Gasteiger partial charge in [-0.25, -0.2) is 0 Å². The zero-order chi connectivity index (χ0) is 15.8. The van der Waals surface area contributed by atoms with E-state index in [4.69, 9.17) is 4.52 Å². The molecule has 1 aliphatic rings. The van der Waals surface area contributed by atoms with E-state index in [-0.39, 0.29) is 0 Å². The third-order valence-corrected chi connectivity index (χ3v) is 4.35. The Morgan fingerprint density at radius 3 is 2.70 bits per heavy atom. The summed E-state index contributed by atoms with van der Waals surface area (Å²) in [6.07, 6.45) is 6.46. The van der Waals surface area contributed by atoms with Crippen molar-refractivity contribution in [1.29, 1.82) is 0 Å². The molecule has 2 aromatic heterocycles. The number of hydrogen-bond donors (Lipinski definition) is 0. The molecule has 0 aliphatic heterocycles. The fourth-order valence-electron chi connectivity index (χ4n) is 2.97. The van der Waals surface area contributed by atoms with E-state index in [0.717, 1.165) is 23.6 Å². The maximum absolute atomic E-state index is 5.68. The summed E-state index contributed by atoms with van der Waals surface area (Å²) in [5, 5.41) is 8.87. The van der Waals surface area contributed by atoms with Crippen LogP contribution in [-0.4, -0.2) is 14.9 Å². The lowest BCUT2D eigenvalue weighted by molar-refractivity contribution is 0.376. The van der Waals surface area contributed by atoms with Gasteiger partial charge in [-0.15, -0.1) is 0 Å². The Bertz CT molecular complexity index is 778. The molecule has 0 unspecified atom stereocenters. The van der Waals surface area contributed by atoms with Crippen molar-refractivity contribution < 1.29 is 4.52 Å². The van der Waals surface area contributed by atoms with Gasteiger partial charge >= 0.3 is 0 Å². The Morgan fingerprint density at radius 2 is 2.00 bits per heavy atom. The molecule has 1 aromatic carbocycles. The van der Waals surface area contributed by atoms with E-state index in [9.17, 15) is 0 Å². The molecule has 1 saturated carbocycles. The van der Waals surface area contributed by atoms with Gasteiger partial charge in [0.25, 0.3) is 0 Å². The Labute approximate surface area is 136 Å². The van der Waals surface area contributed by atoms with E-state index in [0.29, 0.717) is 11.8 Å². The van der Waals surface area contributed by atoms with Crippen LogP contribution in [0.5, 0.6) is 0 Å². The van der Waals surface area contributed by atoms with Crippen LogP contribution in [0, 0.1) is 0 Å². The normalized spacial score (nSPS) is 14.6. The first kappa shape index (κ1) is 14.2. The molecule has 0 amide bonds. The fraction of sp³-hybridized carbons (Fsp3) is 0.368. The average molecular weight is 307 g/mol. The lowest BCUT2D eigenvalue weighted by Gasteiger charge is -2.04. The van der Waals surface area contributed by atoms with Gasteiger partial charge in [0, 0.05) is 17.7 Å². The molecule has 118 valence electrons. The van der Waals surface area contributed by atoms with Crippen molar-refractivity contribution in [2.75, 3.05) is 0 Å². The van der Waals surface area contributed by atoms with E-state index in [1.54, 1.807) is 0 Å². The molecule has 1 aliphatic carbocycles. The van der Waals surface area contributed by atoms with E-state index < -0.39 is 0 Å². The number of hydrogen-bond acceptors (Lipinski definition) is 3. The SMILES string of the molecule is CC(C)c1noc(C2CC2)c1-c1cnn(Cc2ccccc2)c1. The minimum Gasteiger partial charge on any atom is -0.360 e. The van der Waals surface area contributed by atoms with Gasteiger partial charge in [0.2, 0.25) is 0 Å². The van der Waals surface area contributed by atoms with Crippen LogP contribution < -0.4 is 0 Å². The first-order valence-electron chi connectivity index (χ1n) is 8.28. The van der Waals surface area contributed by atoms with Gasteiger partial charge in [0.05, 0.1) is 24.0 Å². The predicted octanol–water partition coefficient (Wildman–Crippen LogP) is 4.59. The number of benzene rings is 1. The number of nitrogens with zero attached hydrogens (tertiary/aromatic N) is 3. The summed E-state index contributed by atoms with van der Waals surface area (Å²) in [5.41, 5.74) is 4.58. The molecule has 0 atom stereocenters. The third kappa shape index (κ3) is 2.81. The maximum Gasteiger partial charge on any atom is 0.148 e. The minimum atomic E-state index is 0.346. The zero-order valence-electron chi connectivity index (χ0n) is 13.6. The Balaban J connectivity index is 1.67. The topological polar surface area (TPSA) is 43.9 Å². The van der Waals surface area contributed by atoms with E-state index in [2.05, 4.69) is 54.6 Å². The van der Waals surface area contributed by atoms with Gasteiger partial charge in [-0.05, 0) is 24.3 Å². The molecule has 0 spiro atoms. The summed E-state index contributed by atoms with van der Waals surface area (Å²) in [6, 6.07) is 10.4. The lowest BCUT2D eigenvalue weighted by Crippen LogP contribution is -1.99. The summed E-state index contributed by atoms with van der Waals surface area (Å²) in [4.78, 5) is 0. The highest BCUT2D eigenvalue weighted by Gasteiger charge is 2.33. The van der Waals surface area contributed by atoms with Crippen LogP contribution in [0.2, 0.25) is 0 Å². The highest BCUT2D eigenvalue weighted by molar-refractivity contribution is 5.68. The van der Waals surface area contributed by atoms with Crippen LogP contribution in [0.3, 0.4) is 0 Å². The summed E-state index contributed by atoms with van der Waals surface area (Å²) in [7, 11) is 0. The van der Waals surface area contributed by atoms with E-state index >= 15 is 0 Å². The molecule has 23 heavy (non-hydrogen) atoms. The largest absolute Gasteiger partial charge is 0.360 e. The zero-order valence-corrected chi connectivity index (χ0v) is 13.6. The monoisotopic (exact) mass is 307 g/mol. The number of aromatic nitrogens is 3. The molecule has 3 aromatic rings. The van der Waals surface area contributed by atoms with Crippen molar-refractivity contribution in [1.82, 2.24) is 14.9 Å². The molecule has 0 saturated heterocycles. The van der Waals surface area contributed by atoms with Crippen LogP contribution in [0.25, 0.3) is 11.1 Å². The molecule has 0 radical (unpaired) electrons. The van der Waals surface area contributed by atoms with E-state index in [1.165, 1.54) is 24.0 Å². The second-order valence-electron chi connectivity index (χ2n) is 6.65. The second kappa shape index (κ2) is 5.69. The van der Waals surface area contributed by atoms with Crippen molar-refractivity contribution in [3.63, 3.8) is 0 Å². The highest BCUT2D eigenvalue weighted by Crippen LogP contribution is 2.46.